The molecule has 0 saturated heterocycles. The molecular weight excluding hydrogens is 688 g/mol. The van der Waals surface area contributed by atoms with E-state index in [-0.39, 0.29) is 12.2 Å². The van der Waals surface area contributed by atoms with Gasteiger partial charge < -0.3 is 14.2 Å². The molecule has 1 aromatic heterocycles. The van der Waals surface area contributed by atoms with Gasteiger partial charge in [-0.1, -0.05) is 89.7 Å². The summed E-state index contributed by atoms with van der Waals surface area (Å²) in [5.41, 5.74) is 3.63. The average Bonchev–Trinajstić information content (AvgIpc) is 3.38. The molecule has 4 aromatic carbocycles. The summed E-state index contributed by atoms with van der Waals surface area (Å²) >= 11 is 11.2. The molecule has 0 amide bonds. The molecule has 1 aliphatic rings. The van der Waals surface area contributed by atoms with Crippen LogP contribution in [0.25, 0.3) is 11.8 Å². The number of thiazole rings is 1. The van der Waals surface area contributed by atoms with Crippen molar-refractivity contribution in [1.29, 1.82) is 0 Å². The van der Waals surface area contributed by atoms with Gasteiger partial charge in [0, 0.05) is 16.1 Å². The first-order valence-electron chi connectivity index (χ1n) is 14.5. The number of aromatic nitrogens is 1. The molecule has 6 rings (SSSR count). The fourth-order valence-electron chi connectivity index (χ4n) is 5.19. The number of methoxy groups -OCH3 is 1. The van der Waals surface area contributed by atoms with E-state index in [0.717, 1.165) is 26.7 Å². The van der Waals surface area contributed by atoms with Gasteiger partial charge in [0.2, 0.25) is 0 Å². The van der Waals surface area contributed by atoms with Crippen LogP contribution < -0.4 is 24.4 Å². The van der Waals surface area contributed by atoms with Gasteiger partial charge in [0.25, 0.3) is 5.56 Å². The highest BCUT2D eigenvalue weighted by Gasteiger charge is 2.35. The monoisotopic (exact) mass is 714 g/mol. The summed E-state index contributed by atoms with van der Waals surface area (Å²) in [5, 5.41) is 0.639. The van der Waals surface area contributed by atoms with Gasteiger partial charge in [0.1, 0.15) is 18.1 Å². The zero-order valence-electron chi connectivity index (χ0n) is 24.9. The number of carbonyl (C=O) groups is 1. The van der Waals surface area contributed by atoms with Gasteiger partial charge in [-0.05, 0) is 70.4 Å². The minimum absolute atomic E-state index is 0.178. The van der Waals surface area contributed by atoms with E-state index in [1.807, 2.05) is 103 Å². The first-order chi connectivity index (χ1) is 22.4. The molecule has 10 heteroatoms. The average molecular weight is 716 g/mol. The third-order valence-electron chi connectivity index (χ3n) is 7.40. The van der Waals surface area contributed by atoms with Gasteiger partial charge in [0.05, 0.1) is 40.0 Å². The molecule has 1 aliphatic heterocycles. The van der Waals surface area contributed by atoms with Gasteiger partial charge in [-0.2, -0.15) is 0 Å². The van der Waals surface area contributed by atoms with Crippen molar-refractivity contribution in [1.82, 2.24) is 4.57 Å². The van der Waals surface area contributed by atoms with E-state index in [1.165, 1.54) is 11.3 Å². The topological polar surface area (TPSA) is 79.1 Å². The lowest BCUT2D eigenvalue weighted by Crippen LogP contribution is -2.40. The van der Waals surface area contributed by atoms with E-state index >= 15 is 0 Å². The van der Waals surface area contributed by atoms with Gasteiger partial charge in [-0.3, -0.25) is 9.36 Å². The molecule has 0 radical (unpaired) electrons. The van der Waals surface area contributed by atoms with Crippen molar-refractivity contribution in [2.24, 2.45) is 4.99 Å². The number of rotatable bonds is 9. The Morgan fingerprint density at radius 2 is 1.76 bits per heavy atom. The second kappa shape index (κ2) is 13.9. The summed E-state index contributed by atoms with van der Waals surface area (Å²) in [7, 11) is 1.59. The number of fused-ring (bicyclic) bond motifs is 1. The third-order valence-corrected chi connectivity index (χ3v) is 9.37. The molecule has 0 unspecified atom stereocenters. The summed E-state index contributed by atoms with van der Waals surface area (Å²) in [6, 6.07) is 29.2. The van der Waals surface area contributed by atoms with Crippen LogP contribution in [0.4, 0.5) is 0 Å². The number of esters is 1. The SMILES string of the molecule is CCOC(=O)C1=C(c2ccccc2)N=c2s/c(=C\c3ccc(OCc4ccccc4Cl)c(Br)c3)c(=O)n2[C@H]1c1ccc(OC)cc1. The minimum atomic E-state index is -0.772. The van der Waals surface area contributed by atoms with Crippen molar-refractivity contribution in [3.8, 4) is 11.5 Å². The fourth-order valence-corrected chi connectivity index (χ4v) is 6.89. The van der Waals surface area contributed by atoms with Crippen molar-refractivity contribution in [2.45, 2.75) is 19.6 Å². The lowest BCUT2D eigenvalue weighted by atomic mass is 9.93. The largest absolute Gasteiger partial charge is 0.497 e. The van der Waals surface area contributed by atoms with Crippen LogP contribution in [0, 0.1) is 0 Å². The molecule has 0 saturated carbocycles. The highest BCUT2D eigenvalue weighted by Crippen LogP contribution is 2.36. The van der Waals surface area contributed by atoms with Crippen LogP contribution in [0.3, 0.4) is 0 Å². The van der Waals surface area contributed by atoms with E-state index in [4.69, 9.17) is 30.8 Å². The standard InChI is InChI=1S/C36H28BrClN2O5S/c1-3-44-35(42)31-32(23-9-5-4-6-10-23)39-36-40(33(31)24-14-16-26(43-2)17-15-24)34(41)30(46-36)20-22-13-18-29(27(37)19-22)45-21-25-11-7-8-12-28(25)38/h4-20,33H,3,21H2,1-2H3/b30-20-/t33-/m0/s1. The van der Waals surface area contributed by atoms with E-state index in [9.17, 15) is 9.59 Å². The highest BCUT2D eigenvalue weighted by molar-refractivity contribution is 9.10. The lowest BCUT2D eigenvalue weighted by Gasteiger charge is -2.26. The molecule has 0 fully saturated rings. The second-order valence-electron chi connectivity index (χ2n) is 10.3. The smallest absolute Gasteiger partial charge is 0.338 e. The summed E-state index contributed by atoms with van der Waals surface area (Å²) in [4.78, 5) is 33.2. The quantitative estimate of drug-likeness (QED) is 0.155. The normalized spacial score (nSPS) is 14.4. The predicted molar refractivity (Wildman–Crippen MR) is 184 cm³/mol. The van der Waals surface area contributed by atoms with Crippen LogP contribution in [0.5, 0.6) is 11.5 Å². The van der Waals surface area contributed by atoms with Crippen LogP contribution in [0.2, 0.25) is 5.02 Å². The Hall–Kier alpha value is -4.44. The molecular formula is C36H28BrClN2O5S. The second-order valence-corrected chi connectivity index (χ2v) is 12.5. The van der Waals surface area contributed by atoms with E-state index in [2.05, 4.69) is 15.9 Å². The van der Waals surface area contributed by atoms with E-state index < -0.39 is 12.0 Å². The summed E-state index contributed by atoms with van der Waals surface area (Å²) in [6.07, 6.45) is 1.81. The number of carbonyl (C=O) groups excluding carboxylic acids is 1. The molecule has 5 aromatic rings. The Kier molecular flexibility index (Phi) is 9.53. The Morgan fingerprint density at radius 3 is 2.46 bits per heavy atom. The molecule has 0 spiro atoms. The Bertz CT molecular complexity index is 2120. The highest BCUT2D eigenvalue weighted by atomic mass is 79.9. The molecule has 1 atom stereocenters. The summed E-state index contributed by atoms with van der Waals surface area (Å²) in [6.45, 7) is 2.24. The molecule has 2 heterocycles. The van der Waals surface area contributed by atoms with Crippen molar-refractivity contribution in [2.75, 3.05) is 13.7 Å². The number of hydrogen-bond acceptors (Lipinski definition) is 7. The zero-order chi connectivity index (χ0) is 32.2. The zero-order valence-corrected chi connectivity index (χ0v) is 28.1. The van der Waals surface area contributed by atoms with E-state index in [1.54, 1.807) is 18.6 Å². The summed E-state index contributed by atoms with van der Waals surface area (Å²) in [5.74, 6) is 0.770. The molecule has 0 N–H and O–H groups in total. The van der Waals surface area contributed by atoms with Crippen LogP contribution in [0.15, 0.2) is 117 Å². The minimum Gasteiger partial charge on any atom is -0.497 e. The molecule has 0 bridgehead atoms. The third kappa shape index (κ3) is 6.44. The Balaban J connectivity index is 1.46. The molecule has 0 aliphatic carbocycles. The summed E-state index contributed by atoms with van der Waals surface area (Å²) < 4.78 is 19.7. The van der Waals surface area contributed by atoms with Crippen LogP contribution in [-0.4, -0.2) is 24.3 Å². The Morgan fingerprint density at radius 1 is 1.02 bits per heavy atom. The van der Waals surface area contributed by atoms with Crippen LogP contribution >= 0.6 is 38.9 Å². The van der Waals surface area contributed by atoms with Gasteiger partial charge in [0.15, 0.2) is 4.80 Å². The fraction of sp³-hybridized carbons (Fsp3) is 0.139. The first kappa shape index (κ1) is 31.5. The Labute approximate surface area is 282 Å². The number of ether oxygens (including phenoxy) is 3. The number of hydrogen-bond donors (Lipinski definition) is 0. The van der Waals surface area contributed by atoms with Crippen LogP contribution in [-0.2, 0) is 16.1 Å². The number of halogens is 2. The first-order valence-corrected chi connectivity index (χ1v) is 16.4. The van der Waals surface area contributed by atoms with Crippen LogP contribution in [0.1, 0.15) is 35.2 Å². The molecule has 232 valence electrons. The molecule has 7 nitrogen and oxygen atoms in total. The van der Waals surface area contributed by atoms with E-state index in [0.29, 0.717) is 43.7 Å². The van der Waals surface area contributed by atoms with Crippen molar-refractivity contribution >= 4 is 56.6 Å². The van der Waals surface area contributed by atoms with Gasteiger partial charge in [-0.15, -0.1) is 0 Å². The lowest BCUT2D eigenvalue weighted by molar-refractivity contribution is -0.138. The van der Waals surface area contributed by atoms with Crippen molar-refractivity contribution in [3.05, 3.63) is 154 Å². The number of nitrogens with zero attached hydrogens (tertiary/aromatic N) is 2. The van der Waals surface area contributed by atoms with Gasteiger partial charge in [-0.25, -0.2) is 9.79 Å². The van der Waals surface area contributed by atoms with Crippen molar-refractivity contribution in [3.63, 3.8) is 0 Å². The maximum absolute atomic E-state index is 14.2. The van der Waals surface area contributed by atoms with Gasteiger partial charge >= 0.3 is 5.97 Å². The predicted octanol–water partition coefficient (Wildman–Crippen LogP) is 6.94. The number of benzene rings is 4. The maximum Gasteiger partial charge on any atom is 0.338 e. The maximum atomic E-state index is 14.2. The van der Waals surface area contributed by atoms with Crippen molar-refractivity contribution < 1.29 is 19.0 Å². The molecule has 46 heavy (non-hydrogen) atoms.